The Bertz CT molecular complexity index is 1660. The topological polar surface area (TPSA) is 79.5 Å². The number of hydrogen-bond acceptors (Lipinski definition) is 6. The van der Waals surface area contributed by atoms with Gasteiger partial charge in [0.1, 0.15) is 0 Å². The van der Waals surface area contributed by atoms with Crippen molar-refractivity contribution in [1.82, 2.24) is 29.7 Å². The van der Waals surface area contributed by atoms with Gasteiger partial charge in [-0.25, -0.2) is 15.0 Å². The summed E-state index contributed by atoms with van der Waals surface area (Å²) in [6.45, 7) is 4.81. The SMILES string of the molecule is O=C(N1CCC(c2cc(Cl)ccc2Cl)=N1)C1(c2cccc(-c3ncc(-c4cnn(CCN5CCCC5)c4)cn3)c2)CC1. The van der Waals surface area contributed by atoms with Crippen LogP contribution in [0.3, 0.4) is 0 Å². The lowest BCUT2D eigenvalue weighted by molar-refractivity contribution is -0.133. The summed E-state index contributed by atoms with van der Waals surface area (Å²) in [6.07, 6.45) is 12.4. The molecule has 1 saturated heterocycles. The minimum absolute atomic E-state index is 0.0193. The van der Waals surface area contributed by atoms with Gasteiger partial charge in [-0.1, -0.05) is 41.4 Å². The Balaban J connectivity index is 1.06. The molecule has 0 unspecified atom stereocenters. The van der Waals surface area contributed by atoms with E-state index in [-0.39, 0.29) is 5.91 Å². The van der Waals surface area contributed by atoms with E-state index in [0.717, 1.165) is 59.5 Å². The van der Waals surface area contributed by atoms with Gasteiger partial charge in [-0.05, 0) is 68.6 Å². The molecule has 3 aliphatic rings. The third-order valence-electron chi connectivity index (χ3n) is 8.57. The van der Waals surface area contributed by atoms with Crippen molar-refractivity contribution in [3.05, 3.63) is 88.4 Å². The van der Waals surface area contributed by atoms with Crippen LogP contribution in [0, 0.1) is 0 Å². The number of rotatable bonds is 8. The van der Waals surface area contributed by atoms with Crippen molar-refractivity contribution < 1.29 is 4.79 Å². The Morgan fingerprint density at radius 1 is 0.881 bits per heavy atom. The molecule has 2 fully saturated rings. The number of hydrazone groups is 1. The number of carbonyl (C=O) groups excluding carboxylic acids is 1. The maximum atomic E-state index is 13.7. The second-order valence-corrected chi connectivity index (χ2v) is 12.2. The number of carbonyl (C=O) groups is 1. The number of amides is 1. The van der Waals surface area contributed by atoms with Gasteiger partial charge in [0.05, 0.1) is 30.4 Å². The minimum atomic E-state index is -0.573. The fraction of sp³-hybridized carbons (Fsp3) is 0.344. The van der Waals surface area contributed by atoms with Gasteiger partial charge >= 0.3 is 0 Å². The molecule has 214 valence electrons. The third-order valence-corrected chi connectivity index (χ3v) is 9.14. The highest BCUT2D eigenvalue weighted by molar-refractivity contribution is 6.36. The summed E-state index contributed by atoms with van der Waals surface area (Å²) >= 11 is 12.6. The summed E-state index contributed by atoms with van der Waals surface area (Å²) in [6, 6.07) is 13.4. The molecular weight excluding hydrogens is 569 g/mol. The maximum absolute atomic E-state index is 13.7. The average Bonchev–Trinajstić information content (AvgIpc) is 3.38. The van der Waals surface area contributed by atoms with Crippen molar-refractivity contribution in [3.8, 4) is 22.5 Å². The summed E-state index contributed by atoms with van der Waals surface area (Å²) in [5.74, 6) is 0.646. The van der Waals surface area contributed by atoms with Gasteiger partial charge in [0.15, 0.2) is 5.82 Å². The van der Waals surface area contributed by atoms with Crippen LogP contribution in [0.1, 0.15) is 43.2 Å². The molecule has 0 bridgehead atoms. The molecule has 10 heteroatoms. The van der Waals surface area contributed by atoms with E-state index in [2.05, 4.69) is 31.3 Å². The van der Waals surface area contributed by atoms with Gasteiger partial charge < -0.3 is 4.90 Å². The zero-order valence-electron chi connectivity index (χ0n) is 23.2. The monoisotopic (exact) mass is 599 g/mol. The standard InChI is InChI=1S/C32H31Cl2N7O/c33-26-6-7-28(34)27(17-26)29-8-13-41(38-29)31(42)32(9-10-32)25-5-3-4-22(16-25)30-35-18-23(19-36-30)24-20-37-40(21-24)15-14-39-11-1-2-12-39/h3-7,16-21H,1-2,8-15H2. The second-order valence-electron chi connectivity index (χ2n) is 11.3. The van der Waals surface area contributed by atoms with E-state index in [9.17, 15) is 4.79 Å². The molecule has 7 rings (SSSR count). The molecule has 4 aromatic rings. The predicted molar refractivity (Wildman–Crippen MR) is 165 cm³/mol. The van der Waals surface area contributed by atoms with Crippen LogP contribution in [0.15, 0.2) is 72.4 Å². The minimum Gasteiger partial charge on any atom is -0.301 e. The molecule has 1 amide bonds. The van der Waals surface area contributed by atoms with Crippen LogP contribution < -0.4 is 0 Å². The largest absolute Gasteiger partial charge is 0.301 e. The van der Waals surface area contributed by atoms with E-state index in [4.69, 9.17) is 23.2 Å². The van der Waals surface area contributed by atoms with Crippen molar-refractivity contribution in [2.75, 3.05) is 26.2 Å². The molecule has 2 aliphatic heterocycles. The number of benzene rings is 2. The van der Waals surface area contributed by atoms with Gasteiger partial charge in [-0.15, -0.1) is 0 Å². The number of aromatic nitrogens is 4. The van der Waals surface area contributed by atoms with E-state index < -0.39 is 5.41 Å². The van der Waals surface area contributed by atoms with Crippen LogP contribution in [-0.4, -0.2) is 67.5 Å². The Kier molecular flexibility index (Phi) is 7.30. The van der Waals surface area contributed by atoms with Crippen molar-refractivity contribution >= 4 is 34.8 Å². The molecule has 8 nitrogen and oxygen atoms in total. The van der Waals surface area contributed by atoms with Crippen molar-refractivity contribution in [2.45, 2.75) is 44.1 Å². The molecule has 0 N–H and O–H groups in total. The molecule has 42 heavy (non-hydrogen) atoms. The number of hydrogen-bond donors (Lipinski definition) is 0. The maximum Gasteiger partial charge on any atom is 0.253 e. The average molecular weight is 601 g/mol. The van der Waals surface area contributed by atoms with Crippen molar-refractivity contribution in [1.29, 1.82) is 0 Å². The normalized spacial score (nSPS) is 18.0. The Morgan fingerprint density at radius 3 is 2.48 bits per heavy atom. The van der Waals surface area contributed by atoms with E-state index in [1.807, 2.05) is 47.5 Å². The van der Waals surface area contributed by atoms with Crippen molar-refractivity contribution in [2.24, 2.45) is 5.10 Å². The first-order valence-corrected chi connectivity index (χ1v) is 15.3. The van der Waals surface area contributed by atoms with E-state index >= 15 is 0 Å². The number of nitrogens with zero attached hydrogens (tertiary/aromatic N) is 7. The molecule has 0 atom stereocenters. The second kappa shape index (κ2) is 11.2. The molecule has 4 heterocycles. The molecule has 2 aromatic heterocycles. The van der Waals surface area contributed by atoms with Crippen LogP contribution in [0.2, 0.25) is 10.0 Å². The first kappa shape index (κ1) is 27.3. The zero-order valence-corrected chi connectivity index (χ0v) is 24.7. The smallest absolute Gasteiger partial charge is 0.253 e. The van der Waals surface area contributed by atoms with Crippen LogP contribution in [0.25, 0.3) is 22.5 Å². The summed E-state index contributed by atoms with van der Waals surface area (Å²) in [7, 11) is 0. The summed E-state index contributed by atoms with van der Waals surface area (Å²) in [4.78, 5) is 25.6. The molecular formula is C32H31Cl2N7O. The molecule has 0 spiro atoms. The molecule has 2 aromatic carbocycles. The summed E-state index contributed by atoms with van der Waals surface area (Å²) < 4.78 is 1.99. The van der Waals surface area contributed by atoms with E-state index in [1.165, 1.54) is 25.9 Å². The van der Waals surface area contributed by atoms with Crippen LogP contribution in [0.4, 0.5) is 0 Å². The number of likely N-dealkylation sites (tertiary alicyclic amines) is 1. The third kappa shape index (κ3) is 5.35. The summed E-state index contributed by atoms with van der Waals surface area (Å²) in [5.41, 5.74) is 4.78. The van der Waals surface area contributed by atoms with Crippen LogP contribution >= 0.6 is 23.2 Å². The predicted octanol–water partition coefficient (Wildman–Crippen LogP) is 6.08. The highest BCUT2D eigenvalue weighted by Gasteiger charge is 2.54. The molecule has 1 saturated carbocycles. The molecule has 0 radical (unpaired) electrons. The highest BCUT2D eigenvalue weighted by atomic mass is 35.5. The lowest BCUT2D eigenvalue weighted by Crippen LogP contribution is -2.34. The van der Waals surface area contributed by atoms with Crippen LogP contribution in [-0.2, 0) is 16.8 Å². The first-order chi connectivity index (χ1) is 20.5. The Morgan fingerprint density at radius 2 is 1.69 bits per heavy atom. The lowest BCUT2D eigenvalue weighted by Gasteiger charge is -2.21. The van der Waals surface area contributed by atoms with E-state index in [0.29, 0.717) is 28.8 Å². The number of halogens is 2. The fourth-order valence-electron chi connectivity index (χ4n) is 5.98. The highest BCUT2D eigenvalue weighted by Crippen LogP contribution is 2.50. The lowest BCUT2D eigenvalue weighted by atomic mass is 9.93. The molecule has 1 aliphatic carbocycles. The van der Waals surface area contributed by atoms with Gasteiger partial charge in [0.2, 0.25) is 0 Å². The Labute approximate surface area is 255 Å². The van der Waals surface area contributed by atoms with Crippen molar-refractivity contribution in [3.63, 3.8) is 0 Å². The zero-order chi connectivity index (χ0) is 28.7. The van der Waals surface area contributed by atoms with E-state index in [1.54, 1.807) is 23.2 Å². The fourth-order valence-corrected chi connectivity index (χ4v) is 6.38. The van der Waals surface area contributed by atoms with Gasteiger partial charge in [-0.2, -0.15) is 10.2 Å². The van der Waals surface area contributed by atoms with Gasteiger partial charge in [0.25, 0.3) is 5.91 Å². The first-order valence-electron chi connectivity index (χ1n) is 14.5. The summed E-state index contributed by atoms with van der Waals surface area (Å²) in [5, 5.41) is 12.0. The quantitative estimate of drug-likeness (QED) is 0.245. The van der Waals surface area contributed by atoms with Gasteiger partial charge in [-0.3, -0.25) is 9.48 Å². The van der Waals surface area contributed by atoms with Gasteiger partial charge in [0, 0.05) is 63.9 Å². The Hall–Kier alpha value is -3.59. The van der Waals surface area contributed by atoms with Crippen LogP contribution in [0.5, 0.6) is 0 Å².